The molecular formula is C14H22N2O2. The molecule has 0 unspecified atom stereocenters. The van der Waals surface area contributed by atoms with Crippen LogP contribution in [0, 0.1) is 13.8 Å². The van der Waals surface area contributed by atoms with Crippen molar-refractivity contribution in [3.63, 3.8) is 0 Å². The van der Waals surface area contributed by atoms with E-state index in [1.807, 2.05) is 39.1 Å². The van der Waals surface area contributed by atoms with Gasteiger partial charge in [-0.25, -0.2) is 0 Å². The first-order chi connectivity index (χ1) is 8.65. The maximum Gasteiger partial charge on any atom is 0.221 e. The standard InChI is InChI=1S/C14H22N2O2/c1-11-5-4-6-12(2)14(11)18-10-9-16-13(17)7-8-15-3/h4-6,15H,7-10H2,1-3H3,(H,16,17). The van der Waals surface area contributed by atoms with Crippen LogP contribution >= 0.6 is 0 Å². The first-order valence-corrected chi connectivity index (χ1v) is 6.25. The van der Waals surface area contributed by atoms with Crippen LogP contribution in [0.4, 0.5) is 0 Å². The number of nitrogens with one attached hydrogen (secondary N) is 2. The highest BCUT2D eigenvalue weighted by Crippen LogP contribution is 2.21. The summed E-state index contributed by atoms with van der Waals surface area (Å²) in [5, 5.41) is 5.76. The van der Waals surface area contributed by atoms with E-state index in [2.05, 4.69) is 10.6 Å². The number of benzene rings is 1. The Kier molecular flexibility index (Phi) is 6.22. The van der Waals surface area contributed by atoms with Crippen molar-refractivity contribution in [2.24, 2.45) is 0 Å². The minimum atomic E-state index is 0.0504. The molecule has 0 spiro atoms. The van der Waals surface area contributed by atoms with Crippen molar-refractivity contribution >= 4 is 5.91 Å². The molecule has 0 heterocycles. The summed E-state index contributed by atoms with van der Waals surface area (Å²) in [6.45, 7) is 5.78. The predicted molar refractivity (Wildman–Crippen MR) is 73.0 cm³/mol. The van der Waals surface area contributed by atoms with Crippen LogP contribution in [0.2, 0.25) is 0 Å². The van der Waals surface area contributed by atoms with Gasteiger partial charge in [0, 0.05) is 13.0 Å². The van der Waals surface area contributed by atoms with Crippen molar-refractivity contribution in [3.05, 3.63) is 29.3 Å². The minimum absolute atomic E-state index is 0.0504. The molecule has 0 aliphatic rings. The topological polar surface area (TPSA) is 50.4 Å². The first kappa shape index (κ1) is 14.5. The molecule has 0 radical (unpaired) electrons. The van der Waals surface area contributed by atoms with E-state index in [4.69, 9.17) is 4.74 Å². The van der Waals surface area contributed by atoms with Gasteiger partial charge >= 0.3 is 0 Å². The second-order valence-corrected chi connectivity index (χ2v) is 4.27. The Hall–Kier alpha value is -1.55. The average Bonchev–Trinajstić information content (AvgIpc) is 2.35. The molecule has 0 aliphatic heterocycles. The molecule has 0 bridgehead atoms. The number of carbonyl (C=O) groups is 1. The van der Waals surface area contributed by atoms with Gasteiger partial charge in [0.1, 0.15) is 12.4 Å². The van der Waals surface area contributed by atoms with Crippen molar-refractivity contribution in [2.45, 2.75) is 20.3 Å². The Bertz CT molecular complexity index is 371. The predicted octanol–water partition coefficient (Wildman–Crippen LogP) is 1.41. The van der Waals surface area contributed by atoms with Gasteiger partial charge in [-0.2, -0.15) is 0 Å². The molecule has 0 atom stereocenters. The number of rotatable bonds is 7. The van der Waals surface area contributed by atoms with E-state index in [0.29, 0.717) is 26.1 Å². The van der Waals surface area contributed by atoms with Crippen LogP contribution in [0.15, 0.2) is 18.2 Å². The van der Waals surface area contributed by atoms with E-state index in [1.54, 1.807) is 0 Å². The van der Waals surface area contributed by atoms with Crippen LogP contribution in [0.3, 0.4) is 0 Å². The molecule has 100 valence electrons. The lowest BCUT2D eigenvalue weighted by Gasteiger charge is -2.12. The first-order valence-electron chi connectivity index (χ1n) is 6.25. The second-order valence-electron chi connectivity index (χ2n) is 4.27. The zero-order valence-corrected chi connectivity index (χ0v) is 11.4. The number of aryl methyl sites for hydroxylation is 2. The van der Waals surface area contributed by atoms with Gasteiger partial charge in [-0.3, -0.25) is 4.79 Å². The highest BCUT2D eigenvalue weighted by Gasteiger charge is 2.03. The summed E-state index contributed by atoms with van der Waals surface area (Å²) in [7, 11) is 1.83. The molecule has 1 aromatic rings. The summed E-state index contributed by atoms with van der Waals surface area (Å²) in [6.07, 6.45) is 0.500. The summed E-state index contributed by atoms with van der Waals surface area (Å²) in [4.78, 5) is 11.3. The molecule has 0 fully saturated rings. The summed E-state index contributed by atoms with van der Waals surface area (Å²) in [6, 6.07) is 6.05. The molecule has 1 aromatic carbocycles. The zero-order chi connectivity index (χ0) is 13.4. The van der Waals surface area contributed by atoms with Crippen LogP contribution in [0.5, 0.6) is 5.75 Å². The lowest BCUT2D eigenvalue weighted by molar-refractivity contribution is -0.121. The highest BCUT2D eigenvalue weighted by molar-refractivity contribution is 5.76. The van der Waals surface area contributed by atoms with Crippen LogP contribution in [0.1, 0.15) is 17.5 Å². The van der Waals surface area contributed by atoms with Crippen molar-refractivity contribution in [1.29, 1.82) is 0 Å². The average molecular weight is 250 g/mol. The monoisotopic (exact) mass is 250 g/mol. The smallest absolute Gasteiger partial charge is 0.221 e. The third-order valence-electron chi connectivity index (χ3n) is 2.68. The molecule has 0 aromatic heterocycles. The Morgan fingerprint density at radius 2 is 1.89 bits per heavy atom. The number of amides is 1. The van der Waals surface area contributed by atoms with Gasteiger partial charge in [-0.1, -0.05) is 18.2 Å². The van der Waals surface area contributed by atoms with Gasteiger partial charge in [0.05, 0.1) is 6.54 Å². The lowest BCUT2D eigenvalue weighted by atomic mass is 10.1. The van der Waals surface area contributed by atoms with Crippen LogP contribution < -0.4 is 15.4 Å². The van der Waals surface area contributed by atoms with Crippen molar-refractivity contribution in [1.82, 2.24) is 10.6 Å². The van der Waals surface area contributed by atoms with Crippen molar-refractivity contribution in [2.75, 3.05) is 26.7 Å². The number of hydrogen-bond donors (Lipinski definition) is 2. The van der Waals surface area contributed by atoms with Gasteiger partial charge in [-0.15, -0.1) is 0 Å². The van der Waals surface area contributed by atoms with Crippen molar-refractivity contribution < 1.29 is 9.53 Å². The van der Waals surface area contributed by atoms with E-state index in [0.717, 1.165) is 16.9 Å². The normalized spacial score (nSPS) is 10.2. The maximum atomic E-state index is 11.3. The molecule has 1 rings (SSSR count). The molecule has 0 saturated carbocycles. The third-order valence-corrected chi connectivity index (χ3v) is 2.68. The van der Waals surface area contributed by atoms with E-state index < -0.39 is 0 Å². The Morgan fingerprint density at radius 3 is 2.50 bits per heavy atom. The largest absolute Gasteiger partial charge is 0.491 e. The summed E-state index contributed by atoms with van der Waals surface area (Å²) < 4.78 is 5.69. The summed E-state index contributed by atoms with van der Waals surface area (Å²) in [5.41, 5.74) is 2.24. The number of ether oxygens (including phenoxy) is 1. The fourth-order valence-corrected chi connectivity index (χ4v) is 1.70. The number of para-hydroxylation sites is 1. The number of carbonyl (C=O) groups excluding carboxylic acids is 1. The minimum Gasteiger partial charge on any atom is -0.491 e. The molecule has 18 heavy (non-hydrogen) atoms. The Balaban J connectivity index is 2.28. The molecule has 4 heteroatoms. The van der Waals surface area contributed by atoms with Gasteiger partial charge in [0.25, 0.3) is 0 Å². The third kappa shape index (κ3) is 4.75. The lowest BCUT2D eigenvalue weighted by Crippen LogP contribution is -2.30. The van der Waals surface area contributed by atoms with Gasteiger partial charge < -0.3 is 15.4 Å². The fraction of sp³-hybridized carbons (Fsp3) is 0.500. The van der Waals surface area contributed by atoms with Crippen LogP contribution in [-0.4, -0.2) is 32.7 Å². The van der Waals surface area contributed by atoms with Gasteiger partial charge in [-0.05, 0) is 32.0 Å². The van der Waals surface area contributed by atoms with E-state index >= 15 is 0 Å². The number of hydrogen-bond acceptors (Lipinski definition) is 3. The Labute approximate surface area is 109 Å². The second kappa shape index (κ2) is 7.71. The van der Waals surface area contributed by atoms with Gasteiger partial charge in [0.2, 0.25) is 5.91 Å². The van der Waals surface area contributed by atoms with Crippen LogP contribution in [-0.2, 0) is 4.79 Å². The fourth-order valence-electron chi connectivity index (χ4n) is 1.70. The van der Waals surface area contributed by atoms with Crippen LogP contribution in [0.25, 0.3) is 0 Å². The van der Waals surface area contributed by atoms with E-state index in [1.165, 1.54) is 0 Å². The maximum absolute atomic E-state index is 11.3. The quantitative estimate of drug-likeness (QED) is 0.719. The molecule has 0 saturated heterocycles. The van der Waals surface area contributed by atoms with E-state index in [9.17, 15) is 4.79 Å². The molecule has 1 amide bonds. The van der Waals surface area contributed by atoms with Crippen molar-refractivity contribution in [3.8, 4) is 5.75 Å². The summed E-state index contributed by atoms with van der Waals surface area (Å²) >= 11 is 0. The highest BCUT2D eigenvalue weighted by atomic mass is 16.5. The van der Waals surface area contributed by atoms with Gasteiger partial charge in [0.15, 0.2) is 0 Å². The zero-order valence-electron chi connectivity index (χ0n) is 11.4. The molecule has 4 nitrogen and oxygen atoms in total. The SMILES string of the molecule is CNCCC(=O)NCCOc1c(C)cccc1C. The Morgan fingerprint density at radius 1 is 1.22 bits per heavy atom. The summed E-state index contributed by atoms with van der Waals surface area (Å²) in [5.74, 6) is 0.969. The molecular weight excluding hydrogens is 228 g/mol. The van der Waals surface area contributed by atoms with E-state index in [-0.39, 0.29) is 5.91 Å². The molecule has 0 aliphatic carbocycles. The molecule has 2 N–H and O–H groups in total.